The maximum absolute atomic E-state index is 12.4. The summed E-state index contributed by atoms with van der Waals surface area (Å²) < 4.78 is 10.5. The smallest absolute Gasteiger partial charge is 0.256 e. The van der Waals surface area contributed by atoms with Gasteiger partial charge in [0.15, 0.2) is 11.5 Å². The lowest BCUT2D eigenvalue weighted by Gasteiger charge is -2.17. The Kier molecular flexibility index (Phi) is 2.94. The van der Waals surface area contributed by atoms with Crippen LogP contribution >= 0.6 is 0 Å². The number of aromatic nitrogens is 2. The Balaban J connectivity index is 1.83. The Morgan fingerprint density at radius 3 is 2.90 bits per heavy atom. The van der Waals surface area contributed by atoms with E-state index in [9.17, 15) is 4.79 Å². The third kappa shape index (κ3) is 2.13. The van der Waals surface area contributed by atoms with Gasteiger partial charge in [-0.05, 0) is 6.07 Å². The number of carbonyl (C=O) groups is 1. The number of rotatable bonds is 3. The minimum absolute atomic E-state index is 0.150. The number of anilines is 1. The average Bonchev–Trinajstić information content (AvgIpc) is 3.07. The maximum Gasteiger partial charge on any atom is 0.256 e. The fourth-order valence-corrected chi connectivity index (χ4v) is 2.06. The van der Waals surface area contributed by atoms with Crippen LogP contribution in [0.1, 0.15) is 15.9 Å². The molecule has 0 atom stereocenters. The standard InChI is InChI=1S/C13H14N4O3/c1-17(6-8-4-15-16-5-8)13(18)9-2-11-12(3-10(9)14)20-7-19-11/h2-5H,6-7,14H2,1H3,(H,15,16). The van der Waals surface area contributed by atoms with E-state index < -0.39 is 0 Å². The van der Waals surface area contributed by atoms with E-state index in [-0.39, 0.29) is 12.7 Å². The van der Waals surface area contributed by atoms with Crippen molar-refractivity contribution in [2.45, 2.75) is 6.54 Å². The summed E-state index contributed by atoms with van der Waals surface area (Å²) in [5, 5.41) is 6.56. The quantitative estimate of drug-likeness (QED) is 0.814. The number of amides is 1. The zero-order valence-electron chi connectivity index (χ0n) is 10.9. The van der Waals surface area contributed by atoms with Crippen molar-refractivity contribution in [3.05, 3.63) is 35.7 Å². The van der Waals surface area contributed by atoms with Gasteiger partial charge in [-0.15, -0.1) is 0 Å². The molecule has 2 aromatic rings. The number of carbonyl (C=O) groups excluding carboxylic acids is 1. The zero-order valence-corrected chi connectivity index (χ0v) is 10.9. The largest absolute Gasteiger partial charge is 0.454 e. The Morgan fingerprint density at radius 2 is 2.20 bits per heavy atom. The molecule has 7 heteroatoms. The van der Waals surface area contributed by atoms with Gasteiger partial charge in [-0.25, -0.2) is 0 Å². The Morgan fingerprint density at radius 1 is 1.45 bits per heavy atom. The molecule has 0 saturated heterocycles. The van der Waals surface area contributed by atoms with Crippen LogP contribution in [0, 0.1) is 0 Å². The molecule has 1 aromatic carbocycles. The predicted molar refractivity (Wildman–Crippen MR) is 71.4 cm³/mol. The van der Waals surface area contributed by atoms with Crippen molar-refractivity contribution in [2.24, 2.45) is 0 Å². The molecule has 0 saturated carbocycles. The van der Waals surface area contributed by atoms with Crippen molar-refractivity contribution in [3.63, 3.8) is 0 Å². The molecule has 0 bridgehead atoms. The number of nitrogens with zero attached hydrogens (tertiary/aromatic N) is 2. The van der Waals surface area contributed by atoms with Crippen molar-refractivity contribution in [1.82, 2.24) is 15.1 Å². The Hall–Kier alpha value is -2.70. The number of hydrogen-bond donors (Lipinski definition) is 2. The second-order valence-electron chi connectivity index (χ2n) is 4.56. The van der Waals surface area contributed by atoms with Gasteiger partial charge in [0.2, 0.25) is 6.79 Å². The molecule has 7 nitrogen and oxygen atoms in total. The van der Waals surface area contributed by atoms with E-state index in [2.05, 4.69) is 10.2 Å². The molecule has 0 unspecified atom stereocenters. The van der Waals surface area contributed by atoms with Crippen molar-refractivity contribution < 1.29 is 14.3 Å². The number of benzene rings is 1. The van der Waals surface area contributed by atoms with Gasteiger partial charge in [0.25, 0.3) is 5.91 Å². The number of ether oxygens (including phenoxy) is 2. The lowest BCUT2D eigenvalue weighted by Crippen LogP contribution is -2.26. The molecule has 1 aliphatic rings. The minimum atomic E-state index is -0.179. The topological polar surface area (TPSA) is 93.5 Å². The van der Waals surface area contributed by atoms with Crippen LogP contribution in [-0.4, -0.2) is 34.8 Å². The first kappa shape index (κ1) is 12.3. The molecule has 104 valence electrons. The molecule has 3 rings (SSSR count). The van der Waals surface area contributed by atoms with E-state index in [0.717, 1.165) is 5.56 Å². The summed E-state index contributed by atoms with van der Waals surface area (Å²) in [5.41, 5.74) is 7.60. The van der Waals surface area contributed by atoms with E-state index in [4.69, 9.17) is 15.2 Å². The number of H-pyrrole nitrogens is 1. The lowest BCUT2D eigenvalue weighted by atomic mass is 10.1. The number of nitrogens with two attached hydrogens (primary N) is 1. The van der Waals surface area contributed by atoms with Crippen LogP contribution < -0.4 is 15.2 Å². The van der Waals surface area contributed by atoms with Crippen LogP contribution in [0.15, 0.2) is 24.5 Å². The molecule has 2 heterocycles. The third-order valence-corrected chi connectivity index (χ3v) is 3.10. The van der Waals surface area contributed by atoms with Crippen LogP contribution in [0.25, 0.3) is 0 Å². The van der Waals surface area contributed by atoms with Crippen LogP contribution in [0.2, 0.25) is 0 Å². The maximum atomic E-state index is 12.4. The summed E-state index contributed by atoms with van der Waals surface area (Å²) in [6.07, 6.45) is 3.42. The van der Waals surface area contributed by atoms with E-state index in [0.29, 0.717) is 29.3 Å². The molecule has 1 amide bonds. The average molecular weight is 274 g/mol. The van der Waals surface area contributed by atoms with E-state index in [1.807, 2.05) is 0 Å². The van der Waals surface area contributed by atoms with Crippen LogP contribution in [-0.2, 0) is 6.54 Å². The fourth-order valence-electron chi connectivity index (χ4n) is 2.06. The Labute approximate surface area is 115 Å². The summed E-state index contributed by atoms with van der Waals surface area (Å²) in [5.74, 6) is 0.929. The van der Waals surface area contributed by atoms with Gasteiger partial charge in [-0.1, -0.05) is 0 Å². The summed E-state index contributed by atoms with van der Waals surface area (Å²) in [4.78, 5) is 14.0. The lowest BCUT2D eigenvalue weighted by molar-refractivity contribution is 0.0785. The summed E-state index contributed by atoms with van der Waals surface area (Å²) in [6.45, 7) is 0.598. The highest BCUT2D eigenvalue weighted by molar-refractivity contribution is 6.00. The monoisotopic (exact) mass is 274 g/mol. The van der Waals surface area contributed by atoms with Crippen molar-refractivity contribution in [1.29, 1.82) is 0 Å². The molecular formula is C13H14N4O3. The van der Waals surface area contributed by atoms with Gasteiger partial charge in [-0.2, -0.15) is 5.10 Å². The van der Waals surface area contributed by atoms with Crippen LogP contribution in [0.4, 0.5) is 5.69 Å². The SMILES string of the molecule is CN(Cc1cn[nH]c1)C(=O)c1cc2c(cc1N)OCO2. The Bertz CT molecular complexity index is 639. The van der Waals surface area contributed by atoms with E-state index in [1.54, 1.807) is 36.5 Å². The van der Waals surface area contributed by atoms with E-state index >= 15 is 0 Å². The molecule has 0 aliphatic carbocycles. The normalized spacial score (nSPS) is 12.4. The highest BCUT2D eigenvalue weighted by Crippen LogP contribution is 2.36. The van der Waals surface area contributed by atoms with Gasteiger partial charge in [0.05, 0.1) is 11.8 Å². The molecule has 0 fully saturated rings. The third-order valence-electron chi connectivity index (χ3n) is 3.10. The first-order chi connectivity index (χ1) is 9.65. The minimum Gasteiger partial charge on any atom is -0.454 e. The number of nitrogens with one attached hydrogen (secondary N) is 1. The highest BCUT2D eigenvalue weighted by atomic mass is 16.7. The summed E-state index contributed by atoms with van der Waals surface area (Å²) in [7, 11) is 1.71. The summed E-state index contributed by atoms with van der Waals surface area (Å²) in [6, 6.07) is 3.23. The van der Waals surface area contributed by atoms with Gasteiger partial charge < -0.3 is 20.1 Å². The van der Waals surface area contributed by atoms with Gasteiger partial charge in [0.1, 0.15) is 0 Å². The first-order valence-electron chi connectivity index (χ1n) is 6.07. The highest BCUT2D eigenvalue weighted by Gasteiger charge is 2.21. The second kappa shape index (κ2) is 4.76. The van der Waals surface area contributed by atoms with Crippen LogP contribution in [0.5, 0.6) is 11.5 Å². The molecular weight excluding hydrogens is 260 g/mol. The number of hydrogen-bond acceptors (Lipinski definition) is 5. The van der Waals surface area contributed by atoms with Crippen molar-refractivity contribution >= 4 is 11.6 Å². The number of aromatic amines is 1. The first-order valence-corrected chi connectivity index (χ1v) is 6.07. The summed E-state index contributed by atoms with van der Waals surface area (Å²) >= 11 is 0. The van der Waals surface area contributed by atoms with Gasteiger partial charge in [0, 0.05) is 37.1 Å². The van der Waals surface area contributed by atoms with Crippen molar-refractivity contribution in [2.75, 3.05) is 19.6 Å². The molecule has 3 N–H and O–H groups in total. The zero-order chi connectivity index (χ0) is 14.1. The number of fused-ring (bicyclic) bond motifs is 1. The van der Waals surface area contributed by atoms with E-state index in [1.165, 1.54) is 0 Å². The fraction of sp³-hybridized carbons (Fsp3) is 0.231. The molecule has 1 aliphatic heterocycles. The van der Waals surface area contributed by atoms with Gasteiger partial charge >= 0.3 is 0 Å². The molecule has 0 spiro atoms. The predicted octanol–water partition coefficient (Wildman–Crippen LogP) is 0.993. The number of nitrogen functional groups attached to an aromatic ring is 1. The molecule has 0 radical (unpaired) electrons. The van der Waals surface area contributed by atoms with Crippen molar-refractivity contribution in [3.8, 4) is 11.5 Å². The molecule has 20 heavy (non-hydrogen) atoms. The second-order valence-corrected chi connectivity index (χ2v) is 4.56. The van der Waals surface area contributed by atoms with Crippen LogP contribution in [0.3, 0.4) is 0 Å². The molecule has 1 aromatic heterocycles. The van der Waals surface area contributed by atoms with Gasteiger partial charge in [-0.3, -0.25) is 9.89 Å².